The van der Waals surface area contributed by atoms with E-state index in [-0.39, 0.29) is 31.0 Å². The molecule has 38 heavy (non-hydrogen) atoms. The predicted molar refractivity (Wildman–Crippen MR) is 145 cm³/mol. The number of rotatable bonds is 11. The second kappa shape index (κ2) is 12.7. The maximum atomic E-state index is 13.1. The maximum Gasteiger partial charge on any atom is 0.405 e. The van der Waals surface area contributed by atoms with Gasteiger partial charge in [-0.2, -0.15) is 0 Å². The molecule has 3 heterocycles. The Bertz CT molecular complexity index is 1390. The maximum absolute atomic E-state index is 13.1. The van der Waals surface area contributed by atoms with Gasteiger partial charge < -0.3 is 30.2 Å². The minimum atomic E-state index is -1.37. The number of carbonyl (C=O) groups excluding carboxylic acids is 2. The SMILES string of the molecule is CC(C)Cc1ccnc2cc(Cn3cccc(NC(=O)C(CCC=CC(=O)N(C)C)NC(=O)O)c3=O)[nH]c12. The first-order chi connectivity index (χ1) is 18.0. The minimum absolute atomic E-state index is 0.0303. The van der Waals surface area contributed by atoms with Gasteiger partial charge in [-0.1, -0.05) is 19.9 Å². The quantitative estimate of drug-likeness (QED) is 0.285. The largest absolute Gasteiger partial charge is 0.465 e. The summed E-state index contributed by atoms with van der Waals surface area (Å²) in [5.41, 5.74) is 3.31. The zero-order valence-electron chi connectivity index (χ0n) is 22.0. The van der Waals surface area contributed by atoms with E-state index in [9.17, 15) is 19.2 Å². The summed E-state index contributed by atoms with van der Waals surface area (Å²) in [4.78, 5) is 58.0. The van der Waals surface area contributed by atoms with Crippen LogP contribution in [0.4, 0.5) is 10.5 Å². The highest BCUT2D eigenvalue weighted by molar-refractivity contribution is 5.96. The van der Waals surface area contributed by atoms with Crippen LogP contribution >= 0.6 is 0 Å². The number of nitrogens with zero attached hydrogens (tertiary/aromatic N) is 3. The van der Waals surface area contributed by atoms with E-state index in [0.717, 1.165) is 28.7 Å². The standard InChI is InChI=1S/C27H34N6O5/c1-17(2)14-18-11-12-28-22-15-19(29-24(18)22)16-33-13-7-9-21(26(33)36)30-25(35)20(31-27(37)38)8-5-6-10-23(34)32(3)4/h6-7,9-13,15,17,20,29,31H,5,8,14,16H2,1-4H3,(H,30,35)(H,37,38). The highest BCUT2D eigenvalue weighted by atomic mass is 16.4. The van der Waals surface area contributed by atoms with Crippen molar-refractivity contribution in [3.63, 3.8) is 0 Å². The highest BCUT2D eigenvalue weighted by Gasteiger charge is 2.21. The molecule has 0 aliphatic carbocycles. The summed E-state index contributed by atoms with van der Waals surface area (Å²) in [6, 6.07) is 5.88. The number of aromatic amines is 1. The molecule has 0 aliphatic heterocycles. The van der Waals surface area contributed by atoms with Crippen LogP contribution in [0.25, 0.3) is 11.0 Å². The number of pyridine rings is 2. The smallest absolute Gasteiger partial charge is 0.405 e. The zero-order valence-corrected chi connectivity index (χ0v) is 22.0. The molecule has 202 valence electrons. The van der Waals surface area contributed by atoms with Gasteiger partial charge >= 0.3 is 6.09 Å². The monoisotopic (exact) mass is 522 g/mol. The summed E-state index contributed by atoms with van der Waals surface area (Å²) in [6.07, 6.45) is 6.24. The third-order valence-corrected chi connectivity index (χ3v) is 5.85. The highest BCUT2D eigenvalue weighted by Crippen LogP contribution is 2.20. The average molecular weight is 523 g/mol. The lowest BCUT2D eigenvalue weighted by atomic mass is 10.0. The number of hydrogen-bond acceptors (Lipinski definition) is 5. The molecule has 3 rings (SSSR count). The molecule has 3 aromatic heterocycles. The Morgan fingerprint density at radius 1 is 1.24 bits per heavy atom. The fraction of sp³-hybridized carbons (Fsp3) is 0.370. The number of nitrogens with one attached hydrogen (secondary N) is 3. The summed E-state index contributed by atoms with van der Waals surface area (Å²) in [7, 11) is 3.22. The van der Waals surface area contributed by atoms with Crippen molar-refractivity contribution in [3.8, 4) is 0 Å². The van der Waals surface area contributed by atoms with Gasteiger partial charge in [0.15, 0.2) is 0 Å². The third-order valence-electron chi connectivity index (χ3n) is 5.85. The molecular formula is C27H34N6O5. The van der Waals surface area contributed by atoms with Crippen molar-refractivity contribution in [3.05, 3.63) is 70.4 Å². The number of hydrogen-bond donors (Lipinski definition) is 4. The topological polar surface area (TPSA) is 149 Å². The van der Waals surface area contributed by atoms with Gasteiger partial charge in [-0.3, -0.25) is 19.4 Å². The van der Waals surface area contributed by atoms with Crippen LogP contribution in [0.2, 0.25) is 0 Å². The Labute approximate surface area is 220 Å². The van der Waals surface area contributed by atoms with Crippen molar-refractivity contribution in [2.75, 3.05) is 19.4 Å². The van der Waals surface area contributed by atoms with E-state index in [1.165, 1.54) is 21.6 Å². The molecule has 0 aliphatic rings. The first-order valence-electron chi connectivity index (χ1n) is 12.4. The van der Waals surface area contributed by atoms with Crippen molar-refractivity contribution in [1.82, 2.24) is 24.8 Å². The Hall–Kier alpha value is -4.41. The Kier molecular flexibility index (Phi) is 9.42. The van der Waals surface area contributed by atoms with Crippen LogP contribution in [0.1, 0.15) is 37.9 Å². The number of amides is 3. The number of likely N-dealkylation sites (N-methyl/N-ethyl adjacent to an activating group) is 1. The molecule has 0 saturated heterocycles. The molecule has 4 N–H and O–H groups in total. The summed E-state index contributed by atoms with van der Waals surface area (Å²) < 4.78 is 1.46. The van der Waals surface area contributed by atoms with Crippen LogP contribution < -0.4 is 16.2 Å². The molecule has 11 heteroatoms. The summed E-state index contributed by atoms with van der Waals surface area (Å²) in [5.74, 6) is -0.405. The number of H-pyrrole nitrogens is 1. The van der Waals surface area contributed by atoms with E-state index in [0.29, 0.717) is 5.92 Å². The summed E-state index contributed by atoms with van der Waals surface area (Å²) in [5, 5.41) is 13.9. The lowest BCUT2D eigenvalue weighted by Gasteiger charge is -2.16. The van der Waals surface area contributed by atoms with Gasteiger partial charge in [0, 0.05) is 32.2 Å². The lowest BCUT2D eigenvalue weighted by molar-refractivity contribution is -0.123. The van der Waals surface area contributed by atoms with E-state index < -0.39 is 23.6 Å². The van der Waals surface area contributed by atoms with Gasteiger partial charge in [-0.05, 0) is 61.1 Å². The Morgan fingerprint density at radius 2 is 2.00 bits per heavy atom. The molecule has 0 bridgehead atoms. The van der Waals surface area contributed by atoms with Gasteiger partial charge in [-0.25, -0.2) is 4.79 Å². The normalized spacial score (nSPS) is 12.1. The minimum Gasteiger partial charge on any atom is -0.465 e. The molecular weight excluding hydrogens is 488 g/mol. The lowest BCUT2D eigenvalue weighted by Crippen LogP contribution is -2.44. The van der Waals surface area contributed by atoms with E-state index in [1.807, 2.05) is 12.1 Å². The van der Waals surface area contributed by atoms with Crippen LogP contribution in [-0.4, -0.2) is 62.6 Å². The molecule has 0 aromatic carbocycles. The summed E-state index contributed by atoms with van der Waals surface area (Å²) >= 11 is 0. The van der Waals surface area contributed by atoms with Crippen molar-refractivity contribution in [1.29, 1.82) is 0 Å². The second-order valence-corrected chi connectivity index (χ2v) is 9.68. The molecule has 3 amide bonds. The van der Waals surface area contributed by atoms with Crippen LogP contribution in [-0.2, 0) is 22.6 Å². The van der Waals surface area contributed by atoms with E-state index >= 15 is 0 Å². The van der Waals surface area contributed by atoms with E-state index in [4.69, 9.17) is 5.11 Å². The van der Waals surface area contributed by atoms with Crippen molar-refractivity contribution < 1.29 is 19.5 Å². The first kappa shape index (κ1) is 28.2. The van der Waals surface area contributed by atoms with Gasteiger partial charge in [0.25, 0.3) is 5.56 Å². The molecule has 11 nitrogen and oxygen atoms in total. The van der Waals surface area contributed by atoms with Crippen LogP contribution in [0.3, 0.4) is 0 Å². The fourth-order valence-corrected chi connectivity index (χ4v) is 4.00. The molecule has 0 fully saturated rings. The average Bonchev–Trinajstić information content (AvgIpc) is 3.26. The third kappa shape index (κ3) is 7.55. The van der Waals surface area contributed by atoms with Crippen LogP contribution in [0, 0.1) is 5.92 Å². The number of carbonyl (C=O) groups is 3. The first-order valence-corrected chi connectivity index (χ1v) is 12.4. The van der Waals surface area contributed by atoms with E-state index in [2.05, 4.69) is 34.4 Å². The summed E-state index contributed by atoms with van der Waals surface area (Å²) in [6.45, 7) is 4.53. The van der Waals surface area contributed by atoms with Gasteiger partial charge in [0.2, 0.25) is 11.8 Å². The number of anilines is 1. The Balaban J connectivity index is 1.74. The zero-order chi connectivity index (χ0) is 27.8. The number of fused-ring (bicyclic) bond motifs is 1. The second-order valence-electron chi connectivity index (χ2n) is 9.68. The van der Waals surface area contributed by atoms with Gasteiger partial charge in [0.05, 0.1) is 17.6 Å². The van der Waals surface area contributed by atoms with Crippen LogP contribution in [0.15, 0.2) is 53.6 Å². The van der Waals surface area contributed by atoms with Crippen LogP contribution in [0.5, 0.6) is 0 Å². The molecule has 0 radical (unpaired) electrons. The fourth-order valence-electron chi connectivity index (χ4n) is 4.00. The number of allylic oxidation sites excluding steroid dienone is 1. The van der Waals surface area contributed by atoms with Gasteiger partial charge in [0.1, 0.15) is 11.7 Å². The number of aromatic nitrogens is 3. The van der Waals surface area contributed by atoms with Crippen molar-refractivity contribution in [2.24, 2.45) is 5.92 Å². The molecule has 3 aromatic rings. The predicted octanol–water partition coefficient (Wildman–Crippen LogP) is 2.97. The van der Waals surface area contributed by atoms with Crippen molar-refractivity contribution >= 4 is 34.6 Å². The Morgan fingerprint density at radius 3 is 2.68 bits per heavy atom. The van der Waals surface area contributed by atoms with E-state index in [1.54, 1.807) is 38.6 Å². The molecule has 0 spiro atoms. The number of carboxylic acid groups (broad SMARTS) is 1. The molecule has 0 saturated carbocycles. The molecule has 1 atom stereocenters. The molecule has 1 unspecified atom stereocenters. The van der Waals surface area contributed by atoms with Gasteiger partial charge in [-0.15, -0.1) is 0 Å². The van der Waals surface area contributed by atoms with Crippen molar-refractivity contribution in [2.45, 2.75) is 45.7 Å².